The van der Waals surface area contributed by atoms with E-state index in [2.05, 4.69) is 0 Å². The van der Waals surface area contributed by atoms with Crippen molar-refractivity contribution in [3.05, 3.63) is 29.8 Å². The highest BCUT2D eigenvalue weighted by Gasteiger charge is 2.25. The minimum absolute atomic E-state index is 0.153. The zero-order valence-corrected chi connectivity index (χ0v) is 12.3. The van der Waals surface area contributed by atoms with E-state index in [-0.39, 0.29) is 24.4 Å². The summed E-state index contributed by atoms with van der Waals surface area (Å²) in [4.78, 5) is 24.6. The molecule has 0 aromatic heterocycles. The minimum atomic E-state index is -1.01. The summed E-state index contributed by atoms with van der Waals surface area (Å²) >= 11 is 0. The lowest BCUT2D eigenvalue weighted by Crippen LogP contribution is -2.42. The molecule has 0 aliphatic carbocycles. The lowest BCUT2D eigenvalue weighted by Gasteiger charge is -2.28. The van der Waals surface area contributed by atoms with Crippen molar-refractivity contribution in [1.82, 2.24) is 4.90 Å². The van der Waals surface area contributed by atoms with Gasteiger partial charge in [-0.05, 0) is 38.5 Å². The van der Waals surface area contributed by atoms with Gasteiger partial charge in [-0.3, -0.25) is 9.59 Å². The Morgan fingerprint density at radius 2 is 1.75 bits per heavy atom. The van der Waals surface area contributed by atoms with Crippen molar-refractivity contribution in [2.75, 3.05) is 13.7 Å². The summed E-state index contributed by atoms with van der Waals surface area (Å²) < 4.78 is 5.07. The summed E-state index contributed by atoms with van der Waals surface area (Å²) in [6.45, 7) is 5.11. The fourth-order valence-corrected chi connectivity index (χ4v) is 1.94. The van der Waals surface area contributed by atoms with E-state index in [1.165, 1.54) is 4.90 Å². The van der Waals surface area contributed by atoms with Crippen LogP contribution in [0, 0.1) is 0 Å². The highest BCUT2D eigenvalue weighted by molar-refractivity contribution is 5.86. The number of carboxylic acid groups (broad SMARTS) is 1. The second-order valence-electron chi connectivity index (χ2n) is 4.95. The van der Waals surface area contributed by atoms with E-state index >= 15 is 0 Å². The number of methoxy groups -OCH3 is 1. The molecule has 0 radical (unpaired) electrons. The predicted molar refractivity (Wildman–Crippen MR) is 75.9 cm³/mol. The van der Waals surface area contributed by atoms with Crippen molar-refractivity contribution < 1.29 is 19.4 Å². The van der Waals surface area contributed by atoms with Gasteiger partial charge in [-0.2, -0.15) is 0 Å². The number of carbonyl (C=O) groups is 2. The van der Waals surface area contributed by atoms with Crippen molar-refractivity contribution in [1.29, 1.82) is 0 Å². The zero-order valence-electron chi connectivity index (χ0n) is 12.3. The standard InChI is InChI=1S/C15H21NO4/c1-10(2)16(9-14(17)18)15(19)11(3)12-5-7-13(20-4)8-6-12/h5-8,10-11H,9H2,1-4H3,(H,17,18). The number of amides is 1. The van der Waals surface area contributed by atoms with E-state index in [1.807, 2.05) is 26.0 Å². The first-order valence-electron chi connectivity index (χ1n) is 6.53. The molecule has 20 heavy (non-hydrogen) atoms. The third-order valence-corrected chi connectivity index (χ3v) is 3.20. The highest BCUT2D eigenvalue weighted by atomic mass is 16.5. The van der Waals surface area contributed by atoms with Gasteiger partial charge in [0, 0.05) is 6.04 Å². The summed E-state index contributed by atoms with van der Waals surface area (Å²) in [6, 6.07) is 7.06. The quantitative estimate of drug-likeness (QED) is 0.866. The van der Waals surface area contributed by atoms with Crippen LogP contribution in [-0.4, -0.2) is 41.6 Å². The van der Waals surface area contributed by atoms with E-state index in [1.54, 1.807) is 26.2 Å². The molecule has 0 aliphatic heterocycles. The number of aliphatic carboxylic acids is 1. The smallest absolute Gasteiger partial charge is 0.323 e. The van der Waals surface area contributed by atoms with Crippen LogP contribution in [0.1, 0.15) is 32.3 Å². The maximum atomic E-state index is 12.4. The Morgan fingerprint density at radius 1 is 1.20 bits per heavy atom. The topological polar surface area (TPSA) is 66.8 Å². The first-order valence-corrected chi connectivity index (χ1v) is 6.53. The van der Waals surface area contributed by atoms with E-state index < -0.39 is 5.97 Å². The van der Waals surface area contributed by atoms with Crippen molar-refractivity contribution in [3.8, 4) is 5.75 Å². The largest absolute Gasteiger partial charge is 0.497 e. The maximum Gasteiger partial charge on any atom is 0.323 e. The molecule has 1 unspecified atom stereocenters. The maximum absolute atomic E-state index is 12.4. The number of hydrogen-bond donors (Lipinski definition) is 1. The van der Waals surface area contributed by atoms with Gasteiger partial charge in [0.05, 0.1) is 13.0 Å². The van der Waals surface area contributed by atoms with Crippen LogP contribution in [0.15, 0.2) is 24.3 Å². The fraction of sp³-hybridized carbons (Fsp3) is 0.467. The molecule has 1 aromatic rings. The van der Waals surface area contributed by atoms with Gasteiger partial charge in [-0.25, -0.2) is 0 Å². The van der Waals surface area contributed by atoms with Crippen LogP contribution in [0.3, 0.4) is 0 Å². The van der Waals surface area contributed by atoms with Crippen molar-refractivity contribution >= 4 is 11.9 Å². The van der Waals surface area contributed by atoms with Crippen LogP contribution in [0.5, 0.6) is 5.75 Å². The van der Waals surface area contributed by atoms with E-state index in [0.717, 1.165) is 11.3 Å². The minimum Gasteiger partial charge on any atom is -0.497 e. The van der Waals surface area contributed by atoms with Crippen LogP contribution in [0.25, 0.3) is 0 Å². The average molecular weight is 279 g/mol. The third kappa shape index (κ3) is 3.98. The van der Waals surface area contributed by atoms with E-state index in [0.29, 0.717) is 0 Å². The van der Waals surface area contributed by atoms with Crippen molar-refractivity contribution in [3.63, 3.8) is 0 Å². The molecule has 1 rings (SSSR count). The Kier molecular flexibility index (Phi) is 5.55. The molecule has 0 heterocycles. The number of rotatable bonds is 6. The number of carbonyl (C=O) groups excluding carboxylic acids is 1. The van der Waals surface area contributed by atoms with Crippen LogP contribution in [0.2, 0.25) is 0 Å². The van der Waals surface area contributed by atoms with Gasteiger partial charge in [-0.1, -0.05) is 12.1 Å². The zero-order chi connectivity index (χ0) is 15.3. The van der Waals surface area contributed by atoms with Gasteiger partial charge in [-0.15, -0.1) is 0 Å². The second kappa shape index (κ2) is 6.93. The van der Waals surface area contributed by atoms with Gasteiger partial charge < -0.3 is 14.7 Å². The molecule has 5 nitrogen and oxygen atoms in total. The molecule has 0 bridgehead atoms. The normalized spacial score (nSPS) is 12.1. The first-order chi connectivity index (χ1) is 9.36. The Labute approximate surface area is 119 Å². The molecule has 0 saturated carbocycles. The Balaban J connectivity index is 2.89. The predicted octanol–water partition coefficient (Wildman–Crippen LogP) is 2.12. The molecule has 1 atom stereocenters. The van der Waals surface area contributed by atoms with Crippen LogP contribution >= 0.6 is 0 Å². The van der Waals surface area contributed by atoms with Crippen molar-refractivity contribution in [2.45, 2.75) is 32.7 Å². The van der Waals surface area contributed by atoms with E-state index in [9.17, 15) is 9.59 Å². The number of carboxylic acids is 1. The monoisotopic (exact) mass is 279 g/mol. The Bertz CT molecular complexity index is 467. The first kappa shape index (κ1) is 16.0. The van der Waals surface area contributed by atoms with Crippen LogP contribution in [0.4, 0.5) is 0 Å². The number of nitrogens with zero attached hydrogens (tertiary/aromatic N) is 1. The molecule has 1 amide bonds. The summed E-state index contributed by atoms with van der Waals surface area (Å²) in [5.41, 5.74) is 0.840. The molecule has 1 N–H and O–H groups in total. The number of hydrogen-bond acceptors (Lipinski definition) is 3. The molecular weight excluding hydrogens is 258 g/mol. The lowest BCUT2D eigenvalue weighted by molar-refractivity contribution is -0.146. The molecule has 1 aromatic carbocycles. The molecular formula is C15H21NO4. The van der Waals surface area contributed by atoms with Crippen LogP contribution in [-0.2, 0) is 9.59 Å². The number of ether oxygens (including phenoxy) is 1. The summed E-state index contributed by atoms with van der Waals surface area (Å²) in [7, 11) is 1.58. The second-order valence-corrected chi connectivity index (χ2v) is 4.95. The van der Waals surface area contributed by atoms with Gasteiger partial charge in [0.1, 0.15) is 12.3 Å². The third-order valence-electron chi connectivity index (χ3n) is 3.20. The Hall–Kier alpha value is -2.04. The summed E-state index contributed by atoms with van der Waals surface area (Å²) in [6.07, 6.45) is 0. The molecule has 110 valence electrons. The SMILES string of the molecule is COc1ccc(C(C)C(=O)N(CC(=O)O)C(C)C)cc1. The molecule has 0 saturated heterocycles. The van der Waals surface area contributed by atoms with Gasteiger partial charge in [0.2, 0.25) is 5.91 Å². The lowest BCUT2D eigenvalue weighted by atomic mass is 9.99. The van der Waals surface area contributed by atoms with E-state index in [4.69, 9.17) is 9.84 Å². The molecule has 0 spiro atoms. The average Bonchev–Trinajstić information content (AvgIpc) is 2.43. The molecule has 0 fully saturated rings. The summed E-state index contributed by atoms with van der Waals surface area (Å²) in [5.74, 6) is -0.858. The van der Waals surface area contributed by atoms with Gasteiger partial charge in [0.15, 0.2) is 0 Å². The van der Waals surface area contributed by atoms with Gasteiger partial charge in [0.25, 0.3) is 0 Å². The molecule has 0 aliphatic rings. The van der Waals surface area contributed by atoms with Crippen molar-refractivity contribution in [2.24, 2.45) is 0 Å². The summed E-state index contributed by atoms with van der Waals surface area (Å²) in [5, 5.41) is 8.89. The fourth-order valence-electron chi connectivity index (χ4n) is 1.94. The highest BCUT2D eigenvalue weighted by Crippen LogP contribution is 2.22. The van der Waals surface area contributed by atoms with Crippen LogP contribution < -0.4 is 4.74 Å². The molecule has 5 heteroatoms. The van der Waals surface area contributed by atoms with Gasteiger partial charge >= 0.3 is 5.97 Å². The Morgan fingerprint density at radius 3 is 2.15 bits per heavy atom. The number of benzene rings is 1.